The minimum atomic E-state index is -1.93. The second kappa shape index (κ2) is 8.87. The largest absolute Gasteiger partial charge is 0.422 e. The third-order valence-electron chi connectivity index (χ3n) is 6.71. The van der Waals surface area contributed by atoms with Crippen molar-refractivity contribution in [3.63, 3.8) is 0 Å². The maximum atomic E-state index is 12.5. The topological polar surface area (TPSA) is 103 Å². The molecule has 0 radical (unpaired) electrons. The highest BCUT2D eigenvalue weighted by atomic mass is 28.4. The Morgan fingerprint density at radius 3 is 2.55 bits per heavy atom. The molecule has 1 saturated carbocycles. The molecule has 176 valence electrons. The van der Waals surface area contributed by atoms with Gasteiger partial charge in [-0.15, -0.1) is 10.2 Å². The first-order chi connectivity index (χ1) is 15.5. The van der Waals surface area contributed by atoms with Crippen LogP contribution in [0.25, 0.3) is 11.3 Å². The molecule has 33 heavy (non-hydrogen) atoms. The van der Waals surface area contributed by atoms with Gasteiger partial charge in [-0.1, -0.05) is 56.3 Å². The van der Waals surface area contributed by atoms with E-state index in [-0.39, 0.29) is 34.7 Å². The van der Waals surface area contributed by atoms with Gasteiger partial charge in [0.1, 0.15) is 6.10 Å². The molecule has 1 amide bonds. The van der Waals surface area contributed by atoms with Crippen LogP contribution in [0.3, 0.4) is 0 Å². The van der Waals surface area contributed by atoms with Crippen LogP contribution in [0.15, 0.2) is 45.3 Å². The summed E-state index contributed by atoms with van der Waals surface area (Å²) in [6.07, 6.45) is 1.25. The molecular formula is C24H32N4O4Si. The van der Waals surface area contributed by atoms with E-state index in [1.165, 1.54) is 0 Å². The third kappa shape index (κ3) is 5.09. The number of amides is 1. The van der Waals surface area contributed by atoms with E-state index in [2.05, 4.69) is 54.5 Å². The first kappa shape index (κ1) is 23.4. The zero-order valence-corrected chi connectivity index (χ0v) is 21.1. The fourth-order valence-corrected chi connectivity index (χ4v) is 4.90. The van der Waals surface area contributed by atoms with Crippen molar-refractivity contribution in [1.29, 1.82) is 0 Å². The van der Waals surface area contributed by atoms with E-state index in [0.29, 0.717) is 17.5 Å². The third-order valence-corrected chi connectivity index (χ3v) is 11.3. The summed E-state index contributed by atoms with van der Waals surface area (Å²) in [6, 6.07) is 11.3. The van der Waals surface area contributed by atoms with Gasteiger partial charge in [-0.05, 0) is 37.9 Å². The van der Waals surface area contributed by atoms with Gasteiger partial charge in [-0.2, -0.15) is 0 Å². The number of rotatable bonds is 7. The Hall–Kier alpha value is -2.78. The van der Waals surface area contributed by atoms with Crippen LogP contribution in [0, 0.1) is 0 Å². The van der Waals surface area contributed by atoms with E-state index in [9.17, 15) is 4.79 Å². The van der Waals surface area contributed by atoms with Crippen LogP contribution >= 0.6 is 0 Å². The number of benzene rings is 1. The molecule has 1 aliphatic carbocycles. The lowest BCUT2D eigenvalue weighted by Gasteiger charge is -2.37. The lowest BCUT2D eigenvalue weighted by Crippen LogP contribution is -2.43. The molecule has 1 aromatic carbocycles. The molecule has 4 rings (SSSR count). The highest BCUT2D eigenvalue weighted by Crippen LogP contribution is 2.40. The fraction of sp³-hybridized carbons (Fsp3) is 0.500. The quantitative estimate of drug-likeness (QED) is 0.458. The van der Waals surface area contributed by atoms with Crippen molar-refractivity contribution in [1.82, 2.24) is 20.7 Å². The highest BCUT2D eigenvalue weighted by Gasteiger charge is 2.40. The first-order valence-electron chi connectivity index (χ1n) is 11.4. The van der Waals surface area contributed by atoms with E-state index in [1.807, 2.05) is 37.3 Å². The summed E-state index contributed by atoms with van der Waals surface area (Å²) in [4.78, 5) is 12.5. The summed E-state index contributed by atoms with van der Waals surface area (Å²) < 4.78 is 17.6. The summed E-state index contributed by atoms with van der Waals surface area (Å²) >= 11 is 0. The van der Waals surface area contributed by atoms with Crippen molar-refractivity contribution >= 4 is 14.2 Å². The predicted octanol–water partition coefficient (Wildman–Crippen LogP) is 5.48. The summed E-state index contributed by atoms with van der Waals surface area (Å²) in [6.45, 7) is 13.0. The molecule has 8 nitrogen and oxygen atoms in total. The Bertz CT molecular complexity index is 1100. The number of aromatic nitrogens is 3. The molecule has 1 atom stereocenters. The Kier molecular flexibility index (Phi) is 6.28. The zero-order chi connectivity index (χ0) is 23.8. The van der Waals surface area contributed by atoms with Crippen LogP contribution in [-0.2, 0) is 4.43 Å². The van der Waals surface area contributed by atoms with Crippen LogP contribution in [-0.4, -0.2) is 35.6 Å². The number of nitrogens with zero attached hydrogens (tertiary/aromatic N) is 3. The van der Waals surface area contributed by atoms with Crippen LogP contribution in [0.1, 0.15) is 74.8 Å². The molecule has 9 heteroatoms. The maximum Gasteiger partial charge on any atom is 0.273 e. The van der Waals surface area contributed by atoms with Gasteiger partial charge in [-0.3, -0.25) is 4.79 Å². The van der Waals surface area contributed by atoms with Gasteiger partial charge in [0.15, 0.2) is 19.8 Å². The summed E-state index contributed by atoms with van der Waals surface area (Å²) in [5.41, 5.74) is 1.15. The predicted molar refractivity (Wildman–Crippen MR) is 126 cm³/mol. The van der Waals surface area contributed by atoms with Gasteiger partial charge in [0, 0.05) is 23.6 Å². The maximum absolute atomic E-state index is 12.5. The van der Waals surface area contributed by atoms with Gasteiger partial charge >= 0.3 is 0 Å². The lowest BCUT2D eigenvalue weighted by molar-refractivity contribution is 0.0892. The van der Waals surface area contributed by atoms with Crippen molar-refractivity contribution in [2.24, 2.45) is 0 Å². The average molecular weight is 469 g/mol. The Morgan fingerprint density at radius 1 is 1.18 bits per heavy atom. The molecule has 1 aliphatic rings. The zero-order valence-electron chi connectivity index (χ0n) is 20.1. The molecule has 1 N–H and O–H groups in total. The standard InChI is InChI=1S/C24H32N4O4Si/c1-15(32-33(5,6)24(2,3)4)22-26-27-23(30-22)17-12-18(13-17)25-21(29)19-14-20(31-28-19)16-10-8-7-9-11-16/h7-11,14-15,17-18H,12-13H2,1-6H3,(H,25,29)/t15-,17?,18?/m1/s1. The monoisotopic (exact) mass is 468 g/mol. The van der Waals surface area contributed by atoms with Gasteiger partial charge < -0.3 is 18.7 Å². The van der Waals surface area contributed by atoms with E-state index < -0.39 is 8.32 Å². The minimum absolute atomic E-state index is 0.0376. The van der Waals surface area contributed by atoms with Crippen molar-refractivity contribution < 1.29 is 18.2 Å². The molecule has 0 bridgehead atoms. The first-order valence-corrected chi connectivity index (χ1v) is 14.3. The molecule has 2 aromatic heterocycles. The Labute approximate surface area is 195 Å². The second-order valence-corrected chi connectivity index (χ2v) is 15.0. The summed E-state index contributed by atoms with van der Waals surface area (Å²) in [7, 11) is -1.93. The summed E-state index contributed by atoms with van der Waals surface area (Å²) in [5, 5.41) is 15.5. The molecule has 0 saturated heterocycles. The molecule has 0 aliphatic heterocycles. The van der Waals surface area contributed by atoms with Gasteiger partial charge in [0.2, 0.25) is 11.8 Å². The Morgan fingerprint density at radius 2 is 1.88 bits per heavy atom. The van der Waals surface area contributed by atoms with Crippen LogP contribution in [0.4, 0.5) is 0 Å². The van der Waals surface area contributed by atoms with E-state index in [1.54, 1.807) is 6.07 Å². The number of hydrogen-bond acceptors (Lipinski definition) is 7. The summed E-state index contributed by atoms with van der Waals surface area (Å²) in [5.74, 6) is 1.58. The highest BCUT2D eigenvalue weighted by molar-refractivity contribution is 6.74. The smallest absolute Gasteiger partial charge is 0.273 e. The second-order valence-electron chi connectivity index (χ2n) is 10.3. The average Bonchev–Trinajstić information content (AvgIpc) is 3.40. The Balaban J connectivity index is 1.29. The number of nitrogens with one attached hydrogen (secondary N) is 1. The van der Waals surface area contributed by atoms with Crippen molar-refractivity contribution in [2.75, 3.05) is 0 Å². The van der Waals surface area contributed by atoms with E-state index in [0.717, 1.165) is 18.4 Å². The lowest BCUT2D eigenvalue weighted by atomic mass is 9.80. The normalized spacial score (nSPS) is 19.7. The van der Waals surface area contributed by atoms with Crippen LogP contribution < -0.4 is 5.32 Å². The van der Waals surface area contributed by atoms with Crippen molar-refractivity contribution in [3.05, 3.63) is 53.9 Å². The molecule has 2 heterocycles. The molecule has 0 unspecified atom stereocenters. The van der Waals surface area contributed by atoms with Gasteiger partial charge in [0.05, 0.1) is 0 Å². The number of hydrogen-bond donors (Lipinski definition) is 1. The van der Waals surface area contributed by atoms with Gasteiger partial charge in [-0.25, -0.2) is 0 Å². The van der Waals surface area contributed by atoms with Crippen molar-refractivity contribution in [2.45, 2.75) is 76.7 Å². The van der Waals surface area contributed by atoms with Crippen molar-refractivity contribution in [3.8, 4) is 11.3 Å². The fourth-order valence-electron chi connectivity index (χ4n) is 3.56. The number of carbonyl (C=O) groups excluding carboxylic acids is 1. The molecule has 0 spiro atoms. The molecular weight excluding hydrogens is 436 g/mol. The van der Waals surface area contributed by atoms with Crippen LogP contribution in [0.5, 0.6) is 0 Å². The SMILES string of the molecule is C[C@@H](O[Si](C)(C)C(C)(C)C)c1nnc(C2CC(NC(=O)c3cc(-c4ccccc4)on3)C2)o1. The minimum Gasteiger partial charge on any atom is -0.422 e. The van der Waals surface area contributed by atoms with E-state index in [4.69, 9.17) is 13.4 Å². The molecule has 1 fully saturated rings. The van der Waals surface area contributed by atoms with Gasteiger partial charge in [0.25, 0.3) is 5.91 Å². The molecule has 3 aromatic rings. The van der Waals surface area contributed by atoms with E-state index >= 15 is 0 Å². The number of carbonyl (C=O) groups is 1. The van der Waals surface area contributed by atoms with Crippen LogP contribution in [0.2, 0.25) is 18.1 Å².